The van der Waals surface area contributed by atoms with Crippen LogP contribution in [0.4, 0.5) is 0 Å². The van der Waals surface area contributed by atoms with E-state index in [-0.39, 0.29) is 23.7 Å². The Hall–Kier alpha value is -1.81. The molecule has 26 heavy (non-hydrogen) atoms. The smallest absolute Gasteiger partial charge is 0.230 e. The second-order valence-corrected chi connectivity index (χ2v) is 7.84. The van der Waals surface area contributed by atoms with Crippen LogP contribution in [0.25, 0.3) is 11.1 Å². The Labute approximate surface area is 165 Å². The van der Waals surface area contributed by atoms with Crippen LogP contribution in [-0.4, -0.2) is 11.8 Å². The molecule has 2 atom stereocenters. The first-order valence-corrected chi connectivity index (χ1v) is 9.35. The zero-order valence-corrected chi connectivity index (χ0v) is 15.8. The molecule has 6 heteroatoms. The topological polar surface area (TPSA) is 46.2 Å². The van der Waals surface area contributed by atoms with Crippen LogP contribution in [0.3, 0.4) is 0 Å². The van der Waals surface area contributed by atoms with E-state index in [4.69, 9.17) is 34.8 Å². The largest absolute Gasteiger partial charge is 0.296 e. The fraction of sp³-hybridized carbons (Fsp3) is 0.200. The van der Waals surface area contributed by atoms with Gasteiger partial charge in [-0.25, -0.2) is 0 Å². The molecule has 1 N–H and O–H groups in total. The van der Waals surface area contributed by atoms with Gasteiger partial charge in [0.1, 0.15) is 0 Å². The SMILES string of the molecule is O=C1NC(=O)C2CC(c3ccc(Cl)cc3Cl)=C(c3ccc(Cl)cc3)CC12. The molecule has 2 unspecified atom stereocenters. The number of halogens is 3. The lowest BCUT2D eigenvalue weighted by molar-refractivity contribution is -0.126. The summed E-state index contributed by atoms with van der Waals surface area (Å²) in [6.45, 7) is 0. The van der Waals surface area contributed by atoms with E-state index < -0.39 is 0 Å². The molecule has 2 amide bonds. The van der Waals surface area contributed by atoms with Gasteiger partial charge in [-0.3, -0.25) is 14.9 Å². The number of hydrogen-bond acceptors (Lipinski definition) is 2. The molecule has 0 radical (unpaired) electrons. The van der Waals surface area contributed by atoms with Crippen LogP contribution in [0.1, 0.15) is 24.0 Å². The van der Waals surface area contributed by atoms with Gasteiger partial charge in [0.25, 0.3) is 0 Å². The molecule has 1 fully saturated rings. The summed E-state index contributed by atoms with van der Waals surface area (Å²) in [5, 5.41) is 4.18. The summed E-state index contributed by atoms with van der Waals surface area (Å²) in [4.78, 5) is 24.4. The number of carbonyl (C=O) groups is 2. The monoisotopic (exact) mass is 405 g/mol. The van der Waals surface area contributed by atoms with Gasteiger partial charge in [-0.1, -0.05) is 53.0 Å². The third kappa shape index (κ3) is 3.05. The number of benzene rings is 2. The van der Waals surface area contributed by atoms with Crippen LogP contribution in [0.2, 0.25) is 15.1 Å². The molecule has 132 valence electrons. The maximum atomic E-state index is 12.2. The van der Waals surface area contributed by atoms with Gasteiger partial charge in [-0.05, 0) is 59.4 Å². The summed E-state index contributed by atoms with van der Waals surface area (Å²) in [7, 11) is 0. The molecular weight excluding hydrogens is 393 g/mol. The number of hydrogen-bond donors (Lipinski definition) is 1. The zero-order valence-electron chi connectivity index (χ0n) is 13.6. The summed E-state index contributed by atoms with van der Waals surface area (Å²) >= 11 is 18.5. The van der Waals surface area contributed by atoms with Crippen molar-refractivity contribution < 1.29 is 9.59 Å². The van der Waals surface area contributed by atoms with Crippen LogP contribution in [0.5, 0.6) is 0 Å². The normalized spacial score (nSPS) is 22.4. The predicted molar refractivity (Wildman–Crippen MR) is 104 cm³/mol. The first kappa shape index (κ1) is 17.6. The lowest BCUT2D eigenvalue weighted by Crippen LogP contribution is -2.23. The summed E-state index contributed by atoms with van der Waals surface area (Å²) in [5.41, 5.74) is 3.80. The number of carbonyl (C=O) groups excluding carboxylic acids is 2. The van der Waals surface area contributed by atoms with Gasteiger partial charge in [-0.2, -0.15) is 0 Å². The van der Waals surface area contributed by atoms with Crippen molar-refractivity contribution >= 4 is 57.8 Å². The third-order valence-corrected chi connectivity index (χ3v) is 5.87. The first-order valence-electron chi connectivity index (χ1n) is 8.22. The van der Waals surface area contributed by atoms with Crippen molar-refractivity contribution in [3.8, 4) is 0 Å². The Balaban J connectivity index is 1.89. The van der Waals surface area contributed by atoms with Crippen molar-refractivity contribution in [3.63, 3.8) is 0 Å². The van der Waals surface area contributed by atoms with E-state index in [1.54, 1.807) is 12.1 Å². The average Bonchev–Trinajstić information content (AvgIpc) is 2.88. The molecule has 1 aliphatic carbocycles. The van der Waals surface area contributed by atoms with E-state index in [1.807, 2.05) is 30.3 Å². The van der Waals surface area contributed by atoms with Gasteiger partial charge in [-0.15, -0.1) is 0 Å². The molecule has 2 aliphatic rings. The number of nitrogens with one attached hydrogen (secondary N) is 1. The maximum Gasteiger partial charge on any atom is 0.230 e. The Morgan fingerprint density at radius 1 is 0.769 bits per heavy atom. The molecule has 0 aromatic heterocycles. The predicted octanol–water partition coefficient (Wildman–Crippen LogP) is 5.24. The minimum absolute atomic E-state index is 0.201. The highest BCUT2D eigenvalue weighted by molar-refractivity contribution is 6.36. The Bertz CT molecular complexity index is 950. The molecular formula is C20H14Cl3NO2. The quantitative estimate of drug-likeness (QED) is 0.693. The molecule has 0 spiro atoms. The maximum absolute atomic E-state index is 12.2. The highest BCUT2D eigenvalue weighted by atomic mass is 35.5. The Kier molecular flexibility index (Phi) is 4.55. The van der Waals surface area contributed by atoms with Crippen molar-refractivity contribution in [2.45, 2.75) is 12.8 Å². The highest BCUT2D eigenvalue weighted by Gasteiger charge is 2.45. The number of fused-ring (bicyclic) bond motifs is 1. The number of rotatable bonds is 2. The third-order valence-electron chi connectivity index (χ3n) is 5.07. The van der Waals surface area contributed by atoms with Crippen LogP contribution in [-0.2, 0) is 9.59 Å². The van der Waals surface area contributed by atoms with E-state index in [0.29, 0.717) is 27.9 Å². The van der Waals surface area contributed by atoms with Crippen molar-refractivity contribution in [2.75, 3.05) is 0 Å². The minimum atomic E-state index is -0.361. The second kappa shape index (κ2) is 6.73. The lowest BCUT2D eigenvalue weighted by Gasteiger charge is -2.28. The fourth-order valence-corrected chi connectivity index (χ4v) is 4.43. The molecule has 3 nitrogen and oxygen atoms in total. The summed E-state index contributed by atoms with van der Waals surface area (Å²) in [6, 6.07) is 12.8. The Morgan fingerprint density at radius 2 is 1.35 bits per heavy atom. The van der Waals surface area contributed by atoms with Gasteiger partial charge in [0.15, 0.2) is 0 Å². The van der Waals surface area contributed by atoms with Crippen molar-refractivity contribution in [2.24, 2.45) is 11.8 Å². The van der Waals surface area contributed by atoms with Gasteiger partial charge >= 0.3 is 0 Å². The van der Waals surface area contributed by atoms with Gasteiger partial charge in [0.2, 0.25) is 11.8 Å². The number of allylic oxidation sites excluding steroid dienone is 2. The van der Waals surface area contributed by atoms with Crippen molar-refractivity contribution in [1.29, 1.82) is 0 Å². The minimum Gasteiger partial charge on any atom is -0.296 e. The standard InChI is InChI=1S/C20H14Cl3NO2/c21-11-3-1-10(2-4-11)14-8-16-17(20(26)24-19(16)25)9-15(14)13-6-5-12(22)7-18(13)23/h1-7,16-17H,8-9H2,(H,24,25,26). The first-order chi connectivity index (χ1) is 12.4. The van der Waals surface area contributed by atoms with E-state index >= 15 is 0 Å². The molecule has 1 heterocycles. The fourth-order valence-electron chi connectivity index (χ4n) is 3.78. The van der Waals surface area contributed by atoms with E-state index in [0.717, 1.165) is 22.3 Å². The average molecular weight is 407 g/mol. The van der Waals surface area contributed by atoms with Gasteiger partial charge < -0.3 is 0 Å². The van der Waals surface area contributed by atoms with Crippen LogP contribution >= 0.6 is 34.8 Å². The van der Waals surface area contributed by atoms with Crippen LogP contribution in [0, 0.1) is 11.8 Å². The Morgan fingerprint density at radius 3 is 1.96 bits per heavy atom. The second-order valence-electron chi connectivity index (χ2n) is 6.56. The van der Waals surface area contributed by atoms with Crippen LogP contribution < -0.4 is 5.32 Å². The lowest BCUT2D eigenvalue weighted by atomic mass is 9.73. The van der Waals surface area contributed by atoms with E-state index in [9.17, 15) is 9.59 Å². The van der Waals surface area contributed by atoms with Gasteiger partial charge in [0.05, 0.1) is 11.8 Å². The number of imide groups is 1. The van der Waals surface area contributed by atoms with E-state index in [2.05, 4.69) is 5.32 Å². The molecule has 2 aromatic rings. The summed E-state index contributed by atoms with van der Waals surface area (Å²) in [6.07, 6.45) is 0.944. The van der Waals surface area contributed by atoms with Crippen molar-refractivity contribution in [1.82, 2.24) is 5.32 Å². The van der Waals surface area contributed by atoms with E-state index in [1.165, 1.54) is 0 Å². The number of amides is 2. The highest BCUT2D eigenvalue weighted by Crippen LogP contribution is 2.47. The van der Waals surface area contributed by atoms with Crippen molar-refractivity contribution in [3.05, 3.63) is 68.7 Å². The molecule has 2 aromatic carbocycles. The summed E-state index contributed by atoms with van der Waals surface area (Å²) < 4.78 is 0. The van der Waals surface area contributed by atoms with Crippen LogP contribution in [0.15, 0.2) is 42.5 Å². The molecule has 0 bridgehead atoms. The van der Waals surface area contributed by atoms with Gasteiger partial charge in [0, 0.05) is 15.1 Å². The summed E-state index contributed by atoms with van der Waals surface area (Å²) in [5.74, 6) is -1.12. The zero-order chi connectivity index (χ0) is 18.4. The molecule has 1 saturated heterocycles. The molecule has 4 rings (SSSR count). The molecule has 0 saturated carbocycles. The molecule has 1 aliphatic heterocycles.